The Balaban J connectivity index is 2.70. The molecule has 25 heavy (non-hydrogen) atoms. The molecular weight excluding hydrogens is 354 g/mol. The molecule has 0 aliphatic carbocycles. The second kappa shape index (κ2) is 10.7. The first-order valence-electron chi connectivity index (χ1n) is 8.46. The minimum atomic E-state index is -0.400. The summed E-state index contributed by atoms with van der Waals surface area (Å²) in [6.45, 7) is 7.91. The van der Waals surface area contributed by atoms with Crippen molar-refractivity contribution in [3.05, 3.63) is 29.3 Å². The van der Waals surface area contributed by atoms with Crippen molar-refractivity contribution < 1.29 is 9.59 Å². The van der Waals surface area contributed by atoms with Gasteiger partial charge in [0.15, 0.2) is 5.78 Å². The number of rotatable bonds is 9. The molecule has 1 aromatic rings. The zero-order chi connectivity index (χ0) is 19.0. The van der Waals surface area contributed by atoms with E-state index in [1.54, 1.807) is 0 Å². The van der Waals surface area contributed by atoms with Crippen LogP contribution in [0.3, 0.4) is 0 Å². The van der Waals surface area contributed by atoms with E-state index in [2.05, 4.69) is 41.2 Å². The molecule has 0 fully saturated rings. The van der Waals surface area contributed by atoms with E-state index in [-0.39, 0.29) is 30.3 Å². The molecule has 1 rings (SSSR count). The van der Waals surface area contributed by atoms with E-state index in [0.717, 1.165) is 11.1 Å². The molecule has 5 nitrogen and oxygen atoms in total. The summed E-state index contributed by atoms with van der Waals surface area (Å²) in [6.07, 6.45) is 0. The molecule has 140 valence electrons. The fraction of sp³-hybridized carbons (Fsp3) is 0.556. The lowest BCUT2D eigenvalue weighted by Gasteiger charge is -2.22. The van der Waals surface area contributed by atoms with Gasteiger partial charge in [0, 0.05) is 35.7 Å². The molecule has 2 amide bonds. The molecule has 0 radical (unpaired) electrons. The summed E-state index contributed by atoms with van der Waals surface area (Å²) in [7, 11) is 0. The molecule has 0 bridgehead atoms. The zero-order valence-corrected chi connectivity index (χ0v) is 17.1. The molecule has 1 aromatic carbocycles. The van der Waals surface area contributed by atoms with Gasteiger partial charge in [-0.1, -0.05) is 33.8 Å². The number of nitrogens with one attached hydrogen (secondary N) is 3. The Morgan fingerprint density at radius 2 is 1.56 bits per heavy atom. The average Bonchev–Trinajstić information content (AvgIpc) is 2.56. The molecule has 0 aliphatic rings. The number of hydrogen-bond donors (Lipinski definition) is 5. The number of carbonyl (C=O) groups is 2. The number of carbonyl (C=O) groups excluding carboxylic acids is 2. The van der Waals surface area contributed by atoms with Crippen molar-refractivity contribution in [2.45, 2.75) is 51.3 Å². The van der Waals surface area contributed by atoms with E-state index in [0.29, 0.717) is 17.2 Å². The molecule has 0 aliphatic heterocycles. The van der Waals surface area contributed by atoms with Crippen molar-refractivity contribution in [1.82, 2.24) is 10.6 Å². The highest BCUT2D eigenvalue weighted by molar-refractivity contribution is 7.79. The number of urea groups is 1. The van der Waals surface area contributed by atoms with Gasteiger partial charge >= 0.3 is 6.03 Å². The van der Waals surface area contributed by atoms with E-state index in [9.17, 15) is 9.59 Å². The number of thiol groups is 2. The third kappa shape index (κ3) is 7.71. The lowest BCUT2D eigenvalue weighted by molar-refractivity contribution is -0.124. The van der Waals surface area contributed by atoms with Gasteiger partial charge in [-0.2, -0.15) is 25.3 Å². The second-order valence-electron chi connectivity index (χ2n) is 6.62. The maximum atomic E-state index is 12.3. The standard InChI is InChI=1S/C18H29N3O2S2/c1-11(2)17(22)16(20-12(3)4)8-19-18(23)21-15-6-13(9-24)5-14(7-15)10-25/h5-7,11-12,16,20,24-25H,8-10H2,1-4H3,(H2,19,21,23). The third-order valence-electron chi connectivity index (χ3n) is 3.59. The van der Waals surface area contributed by atoms with Crippen molar-refractivity contribution in [1.29, 1.82) is 0 Å². The fourth-order valence-electron chi connectivity index (χ4n) is 2.43. The van der Waals surface area contributed by atoms with Crippen LogP contribution in [0.1, 0.15) is 38.8 Å². The Labute approximate surface area is 161 Å². The Hall–Kier alpha value is -1.18. The summed E-state index contributed by atoms with van der Waals surface area (Å²) in [5.74, 6) is 1.16. The second-order valence-corrected chi connectivity index (χ2v) is 7.25. The van der Waals surface area contributed by atoms with Crippen molar-refractivity contribution >= 4 is 42.8 Å². The van der Waals surface area contributed by atoms with Crippen LogP contribution in [0.4, 0.5) is 10.5 Å². The van der Waals surface area contributed by atoms with Gasteiger partial charge in [-0.25, -0.2) is 4.79 Å². The van der Waals surface area contributed by atoms with E-state index in [1.807, 2.05) is 45.9 Å². The van der Waals surface area contributed by atoms with E-state index in [1.165, 1.54) is 0 Å². The molecule has 0 heterocycles. The van der Waals surface area contributed by atoms with Gasteiger partial charge in [0.05, 0.1) is 6.04 Å². The lowest BCUT2D eigenvalue weighted by Crippen LogP contribution is -2.50. The van der Waals surface area contributed by atoms with Crippen LogP contribution in [0.25, 0.3) is 0 Å². The van der Waals surface area contributed by atoms with Crippen LogP contribution < -0.4 is 16.0 Å². The Morgan fingerprint density at radius 1 is 1.00 bits per heavy atom. The van der Waals surface area contributed by atoms with E-state index >= 15 is 0 Å². The molecular formula is C18H29N3O2S2. The van der Waals surface area contributed by atoms with Crippen molar-refractivity contribution in [2.24, 2.45) is 5.92 Å². The van der Waals surface area contributed by atoms with Crippen LogP contribution in [0, 0.1) is 5.92 Å². The molecule has 7 heteroatoms. The SMILES string of the molecule is CC(C)NC(CNC(=O)Nc1cc(CS)cc(CS)c1)C(=O)C(C)C. The number of ketones is 1. The van der Waals surface area contributed by atoms with E-state index in [4.69, 9.17) is 0 Å². The normalized spacial score (nSPS) is 12.3. The Bertz CT molecular complexity index is 569. The number of benzene rings is 1. The summed E-state index contributed by atoms with van der Waals surface area (Å²) < 4.78 is 0. The molecule has 3 N–H and O–H groups in total. The number of amides is 2. The van der Waals surface area contributed by atoms with Crippen LogP contribution >= 0.6 is 25.3 Å². The average molecular weight is 384 g/mol. The van der Waals surface area contributed by atoms with Gasteiger partial charge in [-0.15, -0.1) is 0 Å². The van der Waals surface area contributed by atoms with Gasteiger partial charge in [0.25, 0.3) is 0 Å². The molecule has 0 aromatic heterocycles. The van der Waals surface area contributed by atoms with Gasteiger partial charge in [-0.05, 0) is 23.3 Å². The highest BCUT2D eigenvalue weighted by atomic mass is 32.1. The predicted octanol–water partition coefficient (Wildman–Crippen LogP) is 3.26. The van der Waals surface area contributed by atoms with Crippen LogP contribution in [-0.4, -0.2) is 30.4 Å². The molecule has 0 spiro atoms. The summed E-state index contributed by atoms with van der Waals surface area (Å²) in [5, 5.41) is 8.79. The predicted molar refractivity (Wildman–Crippen MR) is 111 cm³/mol. The third-order valence-corrected chi connectivity index (χ3v) is 4.32. The monoisotopic (exact) mass is 383 g/mol. The Kier molecular flexibility index (Phi) is 9.38. The maximum absolute atomic E-state index is 12.3. The summed E-state index contributed by atoms with van der Waals surface area (Å²) in [4.78, 5) is 24.5. The number of hydrogen-bond acceptors (Lipinski definition) is 5. The maximum Gasteiger partial charge on any atom is 0.319 e. The minimum absolute atomic E-state index is 0.0865. The highest BCUT2D eigenvalue weighted by Crippen LogP contribution is 2.18. The number of Topliss-reactive ketones (excluding diaryl/α,β-unsaturated/α-hetero) is 1. The fourth-order valence-corrected chi connectivity index (χ4v) is 2.80. The first-order valence-corrected chi connectivity index (χ1v) is 9.72. The smallest absolute Gasteiger partial charge is 0.319 e. The van der Waals surface area contributed by atoms with Crippen LogP contribution in [-0.2, 0) is 16.3 Å². The summed E-state index contributed by atoms with van der Waals surface area (Å²) in [6, 6.07) is 5.18. The van der Waals surface area contributed by atoms with Crippen LogP contribution in [0.5, 0.6) is 0 Å². The quantitative estimate of drug-likeness (QED) is 0.425. The van der Waals surface area contributed by atoms with Crippen molar-refractivity contribution in [3.63, 3.8) is 0 Å². The number of anilines is 1. The van der Waals surface area contributed by atoms with Crippen LogP contribution in [0.2, 0.25) is 0 Å². The van der Waals surface area contributed by atoms with Gasteiger partial charge < -0.3 is 16.0 Å². The minimum Gasteiger partial charge on any atom is -0.336 e. The largest absolute Gasteiger partial charge is 0.336 e. The highest BCUT2D eigenvalue weighted by Gasteiger charge is 2.22. The van der Waals surface area contributed by atoms with Crippen LogP contribution in [0.15, 0.2) is 18.2 Å². The van der Waals surface area contributed by atoms with Crippen molar-refractivity contribution in [3.8, 4) is 0 Å². The van der Waals surface area contributed by atoms with Gasteiger partial charge in [0.1, 0.15) is 0 Å². The molecule has 0 saturated heterocycles. The van der Waals surface area contributed by atoms with E-state index < -0.39 is 6.04 Å². The van der Waals surface area contributed by atoms with Gasteiger partial charge in [-0.3, -0.25) is 4.79 Å². The van der Waals surface area contributed by atoms with Crippen molar-refractivity contribution in [2.75, 3.05) is 11.9 Å². The summed E-state index contributed by atoms with van der Waals surface area (Å²) in [5.41, 5.74) is 2.72. The first kappa shape index (κ1) is 21.9. The topological polar surface area (TPSA) is 70.2 Å². The lowest BCUT2D eigenvalue weighted by atomic mass is 10.0. The molecule has 0 saturated carbocycles. The molecule has 1 unspecified atom stereocenters. The van der Waals surface area contributed by atoms with Gasteiger partial charge in [0.2, 0.25) is 0 Å². The summed E-state index contributed by atoms with van der Waals surface area (Å²) >= 11 is 8.55. The Morgan fingerprint density at radius 3 is 2.00 bits per heavy atom. The molecule has 1 atom stereocenters. The first-order chi connectivity index (χ1) is 11.8. The zero-order valence-electron chi connectivity index (χ0n) is 15.3.